The number of hydrogen-bond donors (Lipinski definition) is 1. The fourth-order valence-electron chi connectivity index (χ4n) is 2.12. The van der Waals surface area contributed by atoms with Gasteiger partial charge in [-0.15, -0.1) is 0 Å². The highest BCUT2D eigenvalue weighted by atomic mass is 16.2. The zero-order valence-corrected chi connectivity index (χ0v) is 11.6. The molecule has 1 unspecified atom stereocenters. The Morgan fingerprint density at radius 1 is 1.47 bits per heavy atom. The van der Waals surface area contributed by atoms with E-state index >= 15 is 0 Å². The average Bonchev–Trinajstić information content (AvgIpc) is 3.27. The fourth-order valence-corrected chi connectivity index (χ4v) is 2.12. The van der Waals surface area contributed by atoms with E-state index in [2.05, 4.69) is 11.9 Å². The second-order valence-corrected chi connectivity index (χ2v) is 5.49. The van der Waals surface area contributed by atoms with Gasteiger partial charge in [0.1, 0.15) is 0 Å². The third-order valence-electron chi connectivity index (χ3n) is 3.66. The third kappa shape index (κ3) is 4.31. The molecule has 0 radical (unpaired) electrons. The van der Waals surface area contributed by atoms with Crippen LogP contribution >= 0.6 is 0 Å². The second-order valence-electron chi connectivity index (χ2n) is 5.49. The van der Waals surface area contributed by atoms with Crippen molar-refractivity contribution in [3.05, 3.63) is 30.1 Å². The second kappa shape index (κ2) is 6.66. The molecule has 1 amide bonds. The van der Waals surface area contributed by atoms with Crippen LogP contribution in [0.3, 0.4) is 0 Å². The van der Waals surface area contributed by atoms with E-state index in [1.165, 1.54) is 0 Å². The van der Waals surface area contributed by atoms with E-state index in [1.807, 2.05) is 17.0 Å². The number of carbonyl (C=O) groups excluding carboxylic acids is 1. The summed E-state index contributed by atoms with van der Waals surface area (Å²) >= 11 is 0. The van der Waals surface area contributed by atoms with Gasteiger partial charge in [0, 0.05) is 31.4 Å². The first-order valence-corrected chi connectivity index (χ1v) is 7.09. The van der Waals surface area contributed by atoms with Gasteiger partial charge >= 0.3 is 0 Å². The van der Waals surface area contributed by atoms with Crippen LogP contribution in [0.4, 0.5) is 0 Å². The lowest BCUT2D eigenvalue weighted by Crippen LogP contribution is -2.33. The van der Waals surface area contributed by atoms with Crippen molar-refractivity contribution in [3.63, 3.8) is 0 Å². The Labute approximate surface area is 115 Å². The van der Waals surface area contributed by atoms with Crippen LogP contribution < -0.4 is 5.73 Å². The van der Waals surface area contributed by atoms with E-state index < -0.39 is 0 Å². The monoisotopic (exact) mass is 261 g/mol. The summed E-state index contributed by atoms with van der Waals surface area (Å²) in [7, 11) is 0. The molecule has 0 bridgehead atoms. The minimum absolute atomic E-state index is 0.264. The molecule has 1 aliphatic rings. The van der Waals surface area contributed by atoms with E-state index in [1.54, 1.807) is 12.4 Å². The molecule has 0 saturated heterocycles. The Kier molecular flexibility index (Phi) is 4.91. The summed E-state index contributed by atoms with van der Waals surface area (Å²) in [6, 6.07) is 4.41. The molecular formula is C15H23N3O. The molecule has 2 N–H and O–H groups in total. The smallest absolute Gasteiger partial charge is 0.223 e. The van der Waals surface area contributed by atoms with Crippen LogP contribution in [0.2, 0.25) is 0 Å². The summed E-state index contributed by atoms with van der Waals surface area (Å²) in [4.78, 5) is 18.4. The zero-order valence-electron chi connectivity index (χ0n) is 11.6. The lowest BCUT2D eigenvalue weighted by molar-refractivity contribution is -0.132. The van der Waals surface area contributed by atoms with Gasteiger partial charge in [0.2, 0.25) is 5.91 Å². The van der Waals surface area contributed by atoms with Gasteiger partial charge in [-0.05, 0) is 49.4 Å². The van der Waals surface area contributed by atoms with Gasteiger partial charge in [0.05, 0.1) is 0 Å². The first-order chi connectivity index (χ1) is 9.20. The summed E-state index contributed by atoms with van der Waals surface area (Å²) in [5.74, 6) is 0.686. The molecule has 4 nitrogen and oxygen atoms in total. The first-order valence-electron chi connectivity index (χ1n) is 7.09. The number of nitrogens with two attached hydrogens (primary N) is 1. The summed E-state index contributed by atoms with van der Waals surface area (Å²) in [6.07, 6.45) is 7.34. The molecule has 4 heteroatoms. The van der Waals surface area contributed by atoms with Gasteiger partial charge in [-0.3, -0.25) is 9.78 Å². The zero-order chi connectivity index (χ0) is 13.7. The van der Waals surface area contributed by atoms with Gasteiger partial charge in [0.15, 0.2) is 0 Å². The first kappa shape index (κ1) is 14.0. The standard InChI is InChI=1S/C15H23N3O/c1-12(10-16)2-5-15(19)18(14-3-4-14)11-13-6-8-17-9-7-13/h6-9,12,14H,2-5,10-11,16H2,1H3. The van der Waals surface area contributed by atoms with Gasteiger partial charge in [-0.1, -0.05) is 6.92 Å². The van der Waals surface area contributed by atoms with E-state index in [-0.39, 0.29) is 5.91 Å². The molecule has 2 rings (SSSR count). The van der Waals surface area contributed by atoms with Crippen molar-refractivity contribution < 1.29 is 4.79 Å². The van der Waals surface area contributed by atoms with Gasteiger partial charge < -0.3 is 10.6 Å². The molecular weight excluding hydrogens is 238 g/mol. The molecule has 1 heterocycles. The summed E-state index contributed by atoms with van der Waals surface area (Å²) in [5.41, 5.74) is 6.75. The van der Waals surface area contributed by atoms with Crippen molar-refractivity contribution in [1.82, 2.24) is 9.88 Å². The molecule has 1 atom stereocenters. The predicted octanol–water partition coefficient (Wildman–Crippen LogP) is 1.95. The van der Waals surface area contributed by atoms with Crippen molar-refractivity contribution >= 4 is 5.91 Å². The Bertz CT molecular complexity index is 403. The highest BCUT2D eigenvalue weighted by Gasteiger charge is 2.32. The van der Waals surface area contributed by atoms with E-state index in [4.69, 9.17) is 5.73 Å². The number of carbonyl (C=O) groups is 1. The maximum atomic E-state index is 12.3. The molecule has 0 aromatic carbocycles. The van der Waals surface area contributed by atoms with E-state index in [0.29, 0.717) is 31.5 Å². The van der Waals surface area contributed by atoms with Crippen LogP contribution in [0.25, 0.3) is 0 Å². The van der Waals surface area contributed by atoms with E-state index in [0.717, 1.165) is 24.8 Å². The normalized spacial score (nSPS) is 16.1. The number of nitrogens with zero attached hydrogens (tertiary/aromatic N) is 2. The Morgan fingerprint density at radius 2 is 2.16 bits per heavy atom. The molecule has 0 aliphatic heterocycles. The van der Waals surface area contributed by atoms with Gasteiger partial charge in [-0.25, -0.2) is 0 Å². The summed E-state index contributed by atoms with van der Waals surface area (Å²) < 4.78 is 0. The largest absolute Gasteiger partial charge is 0.335 e. The van der Waals surface area contributed by atoms with Crippen molar-refractivity contribution in [2.75, 3.05) is 6.54 Å². The average molecular weight is 261 g/mol. The molecule has 1 aromatic heterocycles. The van der Waals surface area contributed by atoms with Crippen molar-refractivity contribution in [2.24, 2.45) is 11.7 Å². The molecule has 1 aromatic rings. The molecule has 19 heavy (non-hydrogen) atoms. The lowest BCUT2D eigenvalue weighted by Gasteiger charge is -2.23. The molecule has 1 saturated carbocycles. The van der Waals surface area contributed by atoms with Gasteiger partial charge in [-0.2, -0.15) is 0 Å². The lowest BCUT2D eigenvalue weighted by atomic mass is 10.1. The van der Waals surface area contributed by atoms with Crippen LogP contribution in [0, 0.1) is 5.92 Å². The molecule has 0 spiro atoms. The highest BCUT2D eigenvalue weighted by molar-refractivity contribution is 5.76. The summed E-state index contributed by atoms with van der Waals surface area (Å²) in [5, 5.41) is 0. The Balaban J connectivity index is 1.90. The number of rotatable bonds is 7. The molecule has 1 aliphatic carbocycles. The molecule has 104 valence electrons. The van der Waals surface area contributed by atoms with Crippen LogP contribution in [-0.2, 0) is 11.3 Å². The van der Waals surface area contributed by atoms with Crippen LogP contribution in [-0.4, -0.2) is 28.4 Å². The SMILES string of the molecule is CC(CN)CCC(=O)N(Cc1ccncc1)C1CC1. The topological polar surface area (TPSA) is 59.2 Å². The Morgan fingerprint density at radius 3 is 2.74 bits per heavy atom. The quantitative estimate of drug-likeness (QED) is 0.816. The predicted molar refractivity (Wildman–Crippen MR) is 75.3 cm³/mol. The van der Waals surface area contributed by atoms with Crippen molar-refractivity contribution in [1.29, 1.82) is 0 Å². The number of hydrogen-bond acceptors (Lipinski definition) is 3. The molecule has 1 fully saturated rings. The Hall–Kier alpha value is -1.42. The van der Waals surface area contributed by atoms with Crippen LogP contribution in [0.5, 0.6) is 0 Å². The maximum Gasteiger partial charge on any atom is 0.223 e. The fraction of sp³-hybridized carbons (Fsp3) is 0.600. The van der Waals surface area contributed by atoms with Crippen molar-refractivity contribution in [2.45, 2.75) is 45.2 Å². The maximum absolute atomic E-state index is 12.3. The highest BCUT2D eigenvalue weighted by Crippen LogP contribution is 2.29. The summed E-state index contributed by atoms with van der Waals surface area (Å²) in [6.45, 7) is 3.46. The number of pyridine rings is 1. The van der Waals surface area contributed by atoms with E-state index in [9.17, 15) is 4.79 Å². The minimum Gasteiger partial charge on any atom is -0.335 e. The van der Waals surface area contributed by atoms with Crippen molar-refractivity contribution in [3.8, 4) is 0 Å². The van der Waals surface area contributed by atoms with Crippen LogP contribution in [0.15, 0.2) is 24.5 Å². The van der Waals surface area contributed by atoms with Crippen LogP contribution in [0.1, 0.15) is 38.2 Å². The number of amides is 1. The minimum atomic E-state index is 0.264. The van der Waals surface area contributed by atoms with Gasteiger partial charge in [0.25, 0.3) is 0 Å². The third-order valence-corrected chi connectivity index (χ3v) is 3.66. The number of aromatic nitrogens is 1.